The summed E-state index contributed by atoms with van der Waals surface area (Å²) in [6.07, 6.45) is 4.84. The van der Waals surface area contributed by atoms with Crippen molar-refractivity contribution >= 4 is 28.8 Å². The summed E-state index contributed by atoms with van der Waals surface area (Å²) < 4.78 is 5.34. The summed E-state index contributed by atoms with van der Waals surface area (Å²) in [7, 11) is 1.97. The van der Waals surface area contributed by atoms with Gasteiger partial charge in [0.15, 0.2) is 12.4 Å². The number of carbonyl (C=O) groups excluding carboxylic acids is 2. The Labute approximate surface area is 176 Å². The van der Waals surface area contributed by atoms with Crippen molar-refractivity contribution in [1.29, 1.82) is 0 Å². The van der Waals surface area contributed by atoms with Crippen molar-refractivity contribution in [3.63, 3.8) is 0 Å². The van der Waals surface area contributed by atoms with E-state index in [1.165, 1.54) is 33.8 Å². The van der Waals surface area contributed by atoms with Gasteiger partial charge < -0.3 is 9.64 Å². The number of allylic oxidation sites excluding steroid dienone is 1. The molecule has 1 atom stereocenters. The number of likely N-dealkylation sites (N-methyl/N-ethyl adjacent to an activating group) is 1. The molecule has 152 valence electrons. The smallest absolute Gasteiger partial charge is 0.348 e. The minimum Gasteiger partial charge on any atom is -0.453 e. The van der Waals surface area contributed by atoms with Crippen molar-refractivity contribution in [3.8, 4) is 0 Å². The van der Waals surface area contributed by atoms with Crippen LogP contribution in [0.4, 0.5) is 5.69 Å². The van der Waals surface area contributed by atoms with Crippen molar-refractivity contribution in [1.82, 2.24) is 0 Å². The molecular weight excluding hydrogens is 382 g/mol. The molecule has 0 fully saturated rings. The highest BCUT2D eigenvalue weighted by atomic mass is 32.1. The normalized spacial score (nSPS) is 21.0. The monoisotopic (exact) mass is 409 g/mol. The lowest BCUT2D eigenvalue weighted by Gasteiger charge is -2.23. The van der Waals surface area contributed by atoms with Gasteiger partial charge in [-0.3, -0.25) is 4.79 Å². The molecule has 0 N–H and O–H groups in total. The first-order chi connectivity index (χ1) is 13.8. The van der Waals surface area contributed by atoms with E-state index in [-0.39, 0.29) is 17.8 Å². The fraction of sp³-hybridized carbons (Fsp3) is 0.417. The quantitative estimate of drug-likeness (QED) is 0.532. The van der Waals surface area contributed by atoms with Gasteiger partial charge in [0.1, 0.15) is 4.88 Å². The first-order valence-corrected chi connectivity index (χ1v) is 11.0. The summed E-state index contributed by atoms with van der Waals surface area (Å²) >= 11 is 1.51. The number of rotatable bonds is 4. The second-order valence-electron chi connectivity index (χ2n) is 8.68. The van der Waals surface area contributed by atoms with E-state index in [9.17, 15) is 9.59 Å². The molecule has 2 aliphatic rings. The van der Waals surface area contributed by atoms with E-state index in [2.05, 4.69) is 32.9 Å². The third kappa shape index (κ3) is 3.64. The maximum absolute atomic E-state index is 12.6. The second-order valence-corrected chi connectivity index (χ2v) is 9.82. The Kier molecular flexibility index (Phi) is 5.11. The van der Waals surface area contributed by atoms with Crippen LogP contribution in [0.1, 0.15) is 52.9 Å². The van der Waals surface area contributed by atoms with E-state index in [1.807, 2.05) is 30.1 Å². The number of carbonyl (C=O) groups is 2. The fourth-order valence-electron chi connectivity index (χ4n) is 4.47. The number of hydrogen-bond donors (Lipinski definition) is 0. The van der Waals surface area contributed by atoms with Gasteiger partial charge in [-0.25, -0.2) is 4.79 Å². The largest absolute Gasteiger partial charge is 0.453 e. The van der Waals surface area contributed by atoms with E-state index >= 15 is 0 Å². The molecule has 0 radical (unpaired) electrons. The Morgan fingerprint density at radius 1 is 1.31 bits per heavy atom. The molecule has 2 heterocycles. The SMILES string of the molecule is C[C@H]1CCc2sc(C(=O)OCC(=O)/C=C3\N(C)c4ccccc4C3(C)C)cc2C1. The Hall–Kier alpha value is -2.40. The molecule has 1 aliphatic carbocycles. The predicted molar refractivity (Wildman–Crippen MR) is 117 cm³/mol. The number of hydrogen-bond acceptors (Lipinski definition) is 5. The van der Waals surface area contributed by atoms with Gasteiger partial charge >= 0.3 is 5.97 Å². The molecule has 1 aromatic heterocycles. The summed E-state index contributed by atoms with van der Waals surface area (Å²) in [5.41, 5.74) is 4.21. The topological polar surface area (TPSA) is 46.6 Å². The highest BCUT2D eigenvalue weighted by Gasteiger charge is 2.38. The van der Waals surface area contributed by atoms with Gasteiger partial charge in [0.05, 0.1) is 0 Å². The van der Waals surface area contributed by atoms with Crippen molar-refractivity contribution in [3.05, 3.63) is 63.0 Å². The van der Waals surface area contributed by atoms with Crippen LogP contribution in [0, 0.1) is 5.92 Å². The lowest BCUT2D eigenvalue weighted by molar-refractivity contribution is -0.117. The molecule has 4 nitrogen and oxygen atoms in total. The van der Waals surface area contributed by atoms with E-state index in [0.29, 0.717) is 10.8 Å². The number of aryl methyl sites for hydroxylation is 1. The third-order valence-corrected chi connectivity index (χ3v) is 7.33. The van der Waals surface area contributed by atoms with Crippen molar-refractivity contribution in [2.45, 2.75) is 45.4 Å². The van der Waals surface area contributed by atoms with Gasteiger partial charge in [-0.05, 0) is 48.4 Å². The molecule has 5 heteroatoms. The minimum absolute atomic E-state index is 0.198. The summed E-state index contributed by atoms with van der Waals surface area (Å²) in [5, 5.41) is 0. The molecule has 0 bridgehead atoms. The van der Waals surface area contributed by atoms with Gasteiger partial charge in [0.2, 0.25) is 0 Å². The number of thiophene rings is 1. The van der Waals surface area contributed by atoms with Crippen molar-refractivity contribution < 1.29 is 14.3 Å². The van der Waals surface area contributed by atoms with Gasteiger partial charge in [-0.1, -0.05) is 39.0 Å². The van der Waals surface area contributed by atoms with Crippen LogP contribution in [0.2, 0.25) is 0 Å². The standard InChI is InChI=1S/C24H27NO3S/c1-15-9-10-20-16(11-15)12-21(29-20)23(27)28-14-17(26)13-22-24(2,3)18-7-5-6-8-19(18)25(22)4/h5-8,12-13,15H,9-11,14H2,1-4H3/b22-13-/t15-/m0/s1. The van der Waals surface area contributed by atoms with E-state index < -0.39 is 5.97 Å². The molecule has 4 rings (SSSR count). The first kappa shape index (κ1) is 19.9. The number of benzene rings is 1. The first-order valence-electron chi connectivity index (χ1n) is 10.1. The number of fused-ring (bicyclic) bond motifs is 2. The minimum atomic E-state index is -0.397. The van der Waals surface area contributed by atoms with E-state index in [0.717, 1.165) is 24.2 Å². The Morgan fingerprint density at radius 3 is 2.83 bits per heavy atom. The summed E-state index contributed by atoms with van der Waals surface area (Å²) in [4.78, 5) is 29.0. The zero-order valence-electron chi connectivity index (χ0n) is 17.5. The van der Waals surface area contributed by atoms with E-state index in [4.69, 9.17) is 4.74 Å². The summed E-state index contributed by atoms with van der Waals surface area (Å²) in [5.74, 6) is 0.0622. The number of nitrogens with zero attached hydrogens (tertiary/aromatic N) is 1. The highest BCUT2D eigenvalue weighted by molar-refractivity contribution is 7.14. The van der Waals surface area contributed by atoms with Crippen LogP contribution in [0.3, 0.4) is 0 Å². The molecule has 0 unspecified atom stereocenters. The van der Waals surface area contributed by atoms with Crippen molar-refractivity contribution in [2.75, 3.05) is 18.6 Å². The average molecular weight is 410 g/mol. The third-order valence-electron chi connectivity index (χ3n) is 6.11. The lowest BCUT2D eigenvalue weighted by atomic mass is 9.83. The van der Waals surface area contributed by atoms with Crippen LogP contribution in [0.5, 0.6) is 0 Å². The van der Waals surface area contributed by atoms with Crippen LogP contribution in [0.15, 0.2) is 42.1 Å². The van der Waals surface area contributed by atoms with Gasteiger partial charge in [-0.2, -0.15) is 0 Å². The molecule has 0 saturated heterocycles. The number of anilines is 1. The molecule has 29 heavy (non-hydrogen) atoms. The number of ketones is 1. The summed E-state index contributed by atoms with van der Waals surface area (Å²) in [6.45, 7) is 6.22. The van der Waals surface area contributed by atoms with E-state index in [1.54, 1.807) is 6.08 Å². The van der Waals surface area contributed by atoms with Crippen LogP contribution in [-0.2, 0) is 27.8 Å². The zero-order chi connectivity index (χ0) is 20.8. The second kappa shape index (κ2) is 7.45. The molecule has 2 aromatic rings. The maximum Gasteiger partial charge on any atom is 0.348 e. The molecule has 0 spiro atoms. The number of para-hydroxylation sites is 1. The average Bonchev–Trinajstić information content (AvgIpc) is 3.19. The van der Waals surface area contributed by atoms with Gasteiger partial charge in [0.25, 0.3) is 0 Å². The lowest BCUT2D eigenvalue weighted by Crippen LogP contribution is -2.25. The van der Waals surface area contributed by atoms with Crippen molar-refractivity contribution in [2.24, 2.45) is 5.92 Å². The van der Waals surface area contributed by atoms with Crippen LogP contribution < -0.4 is 4.90 Å². The van der Waals surface area contributed by atoms with Crippen LogP contribution in [-0.4, -0.2) is 25.4 Å². The molecule has 1 aliphatic heterocycles. The van der Waals surface area contributed by atoms with Crippen LogP contribution in [0.25, 0.3) is 0 Å². The zero-order valence-corrected chi connectivity index (χ0v) is 18.3. The predicted octanol–water partition coefficient (Wildman–Crippen LogP) is 4.91. The Bertz CT molecular complexity index is 1000. The van der Waals surface area contributed by atoms with Gasteiger partial charge in [-0.15, -0.1) is 11.3 Å². The Morgan fingerprint density at radius 2 is 2.07 bits per heavy atom. The molecule has 0 saturated carbocycles. The summed E-state index contributed by atoms with van der Waals surface area (Å²) in [6, 6.07) is 10.1. The number of esters is 1. The fourth-order valence-corrected chi connectivity index (χ4v) is 5.57. The van der Waals surface area contributed by atoms with Gasteiger partial charge in [0, 0.05) is 34.8 Å². The molecule has 0 amide bonds. The maximum atomic E-state index is 12.6. The molecular formula is C24H27NO3S. The number of ether oxygens (including phenoxy) is 1. The van der Waals surface area contributed by atoms with Crippen LogP contribution >= 0.6 is 11.3 Å². The highest BCUT2D eigenvalue weighted by Crippen LogP contribution is 2.46. The Balaban J connectivity index is 1.44. The molecule has 1 aromatic carbocycles.